The minimum absolute atomic E-state index is 0.148. The summed E-state index contributed by atoms with van der Waals surface area (Å²) in [5, 5.41) is 0. The van der Waals surface area contributed by atoms with E-state index in [2.05, 4.69) is 14.9 Å². The van der Waals surface area contributed by atoms with Gasteiger partial charge in [-0.1, -0.05) is 48.5 Å². The van der Waals surface area contributed by atoms with Gasteiger partial charge in [-0.15, -0.1) is 0 Å². The van der Waals surface area contributed by atoms with E-state index in [9.17, 15) is 4.79 Å². The van der Waals surface area contributed by atoms with Crippen molar-refractivity contribution in [2.24, 2.45) is 0 Å². The molecule has 0 saturated carbocycles. The van der Waals surface area contributed by atoms with Crippen molar-refractivity contribution in [3.8, 4) is 0 Å². The Labute approximate surface area is 159 Å². The van der Waals surface area contributed by atoms with Gasteiger partial charge in [-0.25, -0.2) is 9.97 Å². The van der Waals surface area contributed by atoms with E-state index in [0.29, 0.717) is 12.2 Å². The van der Waals surface area contributed by atoms with Crippen molar-refractivity contribution < 1.29 is 4.79 Å². The Balaban J connectivity index is 1.60. The SMILES string of the molecule is O=C(c1cnc(N2CCCC2)cn1)N(Cc1ccccc1)c1ccccc1. The molecule has 0 N–H and O–H groups in total. The third-order valence-electron chi connectivity index (χ3n) is 4.78. The fraction of sp³-hybridized carbons (Fsp3) is 0.227. The van der Waals surface area contributed by atoms with Crippen LogP contribution in [-0.4, -0.2) is 29.0 Å². The van der Waals surface area contributed by atoms with Crippen LogP contribution in [0.2, 0.25) is 0 Å². The highest BCUT2D eigenvalue weighted by atomic mass is 16.2. The number of para-hydroxylation sites is 1. The van der Waals surface area contributed by atoms with Crippen LogP contribution in [0.25, 0.3) is 0 Å². The fourth-order valence-electron chi connectivity index (χ4n) is 3.33. The lowest BCUT2D eigenvalue weighted by atomic mass is 10.2. The topological polar surface area (TPSA) is 49.3 Å². The maximum Gasteiger partial charge on any atom is 0.278 e. The lowest BCUT2D eigenvalue weighted by Crippen LogP contribution is -2.31. The first kappa shape index (κ1) is 17.2. The Morgan fingerprint density at radius 2 is 1.56 bits per heavy atom. The maximum atomic E-state index is 13.2. The molecule has 1 saturated heterocycles. The van der Waals surface area contributed by atoms with Gasteiger partial charge in [-0.05, 0) is 30.5 Å². The van der Waals surface area contributed by atoms with Crippen molar-refractivity contribution in [1.29, 1.82) is 0 Å². The van der Waals surface area contributed by atoms with Gasteiger partial charge >= 0.3 is 0 Å². The van der Waals surface area contributed by atoms with E-state index in [4.69, 9.17) is 0 Å². The second kappa shape index (κ2) is 7.99. The number of hydrogen-bond donors (Lipinski definition) is 0. The molecule has 2 aromatic carbocycles. The summed E-state index contributed by atoms with van der Waals surface area (Å²) in [4.78, 5) is 26.0. The number of anilines is 2. The molecule has 27 heavy (non-hydrogen) atoms. The molecule has 136 valence electrons. The van der Waals surface area contributed by atoms with Crippen LogP contribution >= 0.6 is 0 Å². The van der Waals surface area contributed by atoms with Gasteiger partial charge in [-0.2, -0.15) is 0 Å². The summed E-state index contributed by atoms with van der Waals surface area (Å²) >= 11 is 0. The van der Waals surface area contributed by atoms with Crippen LogP contribution in [0.5, 0.6) is 0 Å². The minimum Gasteiger partial charge on any atom is -0.355 e. The molecule has 0 spiro atoms. The van der Waals surface area contributed by atoms with Gasteiger partial charge < -0.3 is 9.80 Å². The standard InChI is InChI=1S/C22H22N4O/c27-22(20-15-24-21(16-23-20)25-13-7-8-14-25)26(19-11-5-2-6-12-19)17-18-9-3-1-4-10-18/h1-6,9-12,15-16H,7-8,13-14,17H2. The molecule has 2 heterocycles. The van der Waals surface area contributed by atoms with Gasteiger partial charge in [0, 0.05) is 18.8 Å². The van der Waals surface area contributed by atoms with Gasteiger partial charge in [0.15, 0.2) is 0 Å². The van der Waals surface area contributed by atoms with Crippen LogP contribution in [0.1, 0.15) is 28.9 Å². The predicted octanol–water partition coefficient (Wildman–Crippen LogP) is 3.92. The molecule has 1 aliphatic heterocycles. The third kappa shape index (κ3) is 3.97. The fourth-order valence-corrected chi connectivity index (χ4v) is 3.33. The monoisotopic (exact) mass is 358 g/mol. The summed E-state index contributed by atoms with van der Waals surface area (Å²) in [6.45, 7) is 2.50. The molecule has 5 nitrogen and oxygen atoms in total. The lowest BCUT2D eigenvalue weighted by Gasteiger charge is -2.23. The van der Waals surface area contributed by atoms with E-state index >= 15 is 0 Å². The normalized spacial score (nSPS) is 13.6. The summed E-state index contributed by atoms with van der Waals surface area (Å²) in [7, 11) is 0. The summed E-state index contributed by atoms with van der Waals surface area (Å²) in [6.07, 6.45) is 5.67. The molecule has 0 atom stereocenters. The first-order valence-corrected chi connectivity index (χ1v) is 9.29. The highest BCUT2D eigenvalue weighted by Crippen LogP contribution is 2.21. The van der Waals surface area contributed by atoms with Crippen molar-refractivity contribution in [2.75, 3.05) is 22.9 Å². The van der Waals surface area contributed by atoms with Crippen LogP contribution in [0.4, 0.5) is 11.5 Å². The molecular formula is C22H22N4O. The van der Waals surface area contributed by atoms with Crippen LogP contribution in [0.15, 0.2) is 73.1 Å². The zero-order valence-electron chi connectivity index (χ0n) is 15.2. The second-order valence-corrected chi connectivity index (χ2v) is 6.67. The quantitative estimate of drug-likeness (QED) is 0.693. The highest BCUT2D eigenvalue weighted by molar-refractivity contribution is 6.04. The molecule has 0 radical (unpaired) electrons. The summed E-state index contributed by atoms with van der Waals surface area (Å²) in [5.41, 5.74) is 2.27. The van der Waals surface area contributed by atoms with Gasteiger partial charge in [-0.3, -0.25) is 4.79 Å². The number of carbonyl (C=O) groups excluding carboxylic acids is 1. The molecule has 4 rings (SSSR count). The van der Waals surface area contributed by atoms with Gasteiger partial charge in [0.2, 0.25) is 0 Å². The molecule has 0 aliphatic carbocycles. The lowest BCUT2D eigenvalue weighted by molar-refractivity contribution is 0.0980. The smallest absolute Gasteiger partial charge is 0.278 e. The summed E-state index contributed by atoms with van der Waals surface area (Å²) in [6, 6.07) is 19.7. The number of aromatic nitrogens is 2. The largest absolute Gasteiger partial charge is 0.355 e. The van der Waals surface area contributed by atoms with E-state index < -0.39 is 0 Å². The number of rotatable bonds is 5. The molecular weight excluding hydrogens is 336 g/mol. The third-order valence-corrected chi connectivity index (χ3v) is 4.78. The molecule has 1 amide bonds. The van der Waals surface area contributed by atoms with Crippen LogP contribution in [-0.2, 0) is 6.54 Å². The number of hydrogen-bond acceptors (Lipinski definition) is 4. The predicted molar refractivity (Wildman–Crippen MR) is 107 cm³/mol. The van der Waals surface area contributed by atoms with Gasteiger partial charge in [0.1, 0.15) is 11.5 Å². The van der Waals surface area contributed by atoms with Crippen molar-refractivity contribution in [1.82, 2.24) is 9.97 Å². The first-order chi connectivity index (χ1) is 13.3. The maximum absolute atomic E-state index is 13.2. The molecule has 1 fully saturated rings. The Kier molecular flexibility index (Phi) is 5.10. The van der Waals surface area contributed by atoms with E-state index in [1.54, 1.807) is 17.3 Å². The average Bonchev–Trinajstić information content (AvgIpc) is 3.28. The molecule has 1 aromatic heterocycles. The van der Waals surface area contributed by atoms with Crippen molar-refractivity contribution in [3.05, 3.63) is 84.3 Å². The summed E-state index contributed by atoms with van der Waals surface area (Å²) in [5.74, 6) is 0.698. The highest BCUT2D eigenvalue weighted by Gasteiger charge is 2.21. The van der Waals surface area contributed by atoms with Crippen LogP contribution in [0, 0.1) is 0 Å². The Morgan fingerprint density at radius 1 is 0.889 bits per heavy atom. The van der Waals surface area contributed by atoms with Crippen molar-refractivity contribution >= 4 is 17.4 Å². The van der Waals surface area contributed by atoms with Gasteiger partial charge in [0.05, 0.1) is 18.9 Å². The number of benzene rings is 2. The van der Waals surface area contributed by atoms with E-state index in [0.717, 1.165) is 30.2 Å². The Morgan fingerprint density at radius 3 is 2.19 bits per heavy atom. The van der Waals surface area contributed by atoms with Crippen molar-refractivity contribution in [3.63, 3.8) is 0 Å². The Hall–Kier alpha value is -3.21. The molecule has 5 heteroatoms. The minimum atomic E-state index is -0.148. The van der Waals surface area contributed by atoms with E-state index in [1.807, 2.05) is 60.7 Å². The zero-order valence-corrected chi connectivity index (χ0v) is 15.2. The van der Waals surface area contributed by atoms with Crippen molar-refractivity contribution in [2.45, 2.75) is 19.4 Å². The molecule has 1 aliphatic rings. The van der Waals surface area contributed by atoms with E-state index in [-0.39, 0.29) is 5.91 Å². The molecule has 0 unspecified atom stereocenters. The second-order valence-electron chi connectivity index (χ2n) is 6.67. The molecule has 3 aromatic rings. The van der Waals surface area contributed by atoms with Crippen LogP contribution < -0.4 is 9.80 Å². The zero-order chi connectivity index (χ0) is 18.5. The summed E-state index contributed by atoms with van der Waals surface area (Å²) < 4.78 is 0. The van der Waals surface area contributed by atoms with E-state index in [1.165, 1.54) is 12.8 Å². The average molecular weight is 358 g/mol. The van der Waals surface area contributed by atoms with Gasteiger partial charge in [0.25, 0.3) is 5.91 Å². The first-order valence-electron chi connectivity index (χ1n) is 9.29. The number of carbonyl (C=O) groups is 1. The number of nitrogens with zero attached hydrogens (tertiary/aromatic N) is 4. The molecule has 0 bridgehead atoms. The Bertz CT molecular complexity index is 875. The van der Waals surface area contributed by atoms with Crippen LogP contribution in [0.3, 0.4) is 0 Å². The number of amides is 1.